The third-order valence-electron chi connectivity index (χ3n) is 8.19. The minimum Gasteiger partial charge on any atom is -0.454 e. The second-order valence-electron chi connectivity index (χ2n) is 13.0. The number of ketones is 1. The zero-order valence-corrected chi connectivity index (χ0v) is 30.3. The van der Waals surface area contributed by atoms with Gasteiger partial charge in [-0.3, -0.25) is 9.59 Å². The number of carbonyl (C=O) groups excluding carboxylic acids is 2. The van der Waals surface area contributed by atoms with Crippen LogP contribution in [0, 0.1) is 0 Å². The minimum atomic E-state index is -0.566. The number of ether oxygens (including phenoxy) is 1. The van der Waals surface area contributed by atoms with E-state index in [1.54, 1.807) is 0 Å². The molecule has 0 aliphatic carbocycles. The molecule has 0 aromatic heterocycles. The molecular weight excluding hydrogens is 554 g/mol. The molecule has 4 heteroatoms. The van der Waals surface area contributed by atoms with Crippen LogP contribution >= 0.6 is 0 Å². The van der Waals surface area contributed by atoms with Crippen molar-refractivity contribution in [2.24, 2.45) is 0 Å². The number of allylic oxidation sites excluding steroid dienone is 8. The summed E-state index contributed by atoms with van der Waals surface area (Å²) >= 11 is 0. The molecule has 1 unspecified atom stereocenters. The summed E-state index contributed by atoms with van der Waals surface area (Å²) in [5.41, 5.74) is 0. The second-order valence-corrected chi connectivity index (χ2v) is 13.0. The largest absolute Gasteiger partial charge is 0.454 e. The molecule has 0 aromatic carbocycles. The Kier molecular flexibility index (Phi) is 33.4. The fourth-order valence-corrected chi connectivity index (χ4v) is 5.23. The molecule has 260 valence electrons. The van der Waals surface area contributed by atoms with Crippen molar-refractivity contribution >= 4 is 11.8 Å². The SMILES string of the molecule is CCCCCC=CCC=CCCCCCCCC(=O)C(CCCCCCCC=CCC=CCCCCC)OC(=O)CCN(C)C. The zero-order chi connectivity index (χ0) is 33.1. The molecule has 0 aliphatic heterocycles. The van der Waals surface area contributed by atoms with Crippen LogP contribution in [-0.2, 0) is 14.3 Å². The van der Waals surface area contributed by atoms with Crippen molar-refractivity contribution in [2.75, 3.05) is 20.6 Å². The van der Waals surface area contributed by atoms with E-state index in [4.69, 9.17) is 4.74 Å². The summed E-state index contributed by atoms with van der Waals surface area (Å²) < 4.78 is 5.71. The van der Waals surface area contributed by atoms with Crippen molar-refractivity contribution in [2.45, 2.75) is 180 Å². The molecular formula is C41H73NO3. The highest BCUT2D eigenvalue weighted by Gasteiger charge is 2.22. The highest BCUT2D eigenvalue weighted by Crippen LogP contribution is 2.16. The Labute approximate surface area is 280 Å². The molecule has 0 N–H and O–H groups in total. The number of hydrogen-bond acceptors (Lipinski definition) is 4. The maximum atomic E-state index is 13.0. The van der Waals surface area contributed by atoms with Gasteiger partial charge < -0.3 is 9.64 Å². The van der Waals surface area contributed by atoms with Gasteiger partial charge in [0, 0.05) is 13.0 Å². The van der Waals surface area contributed by atoms with Gasteiger partial charge in [0.05, 0.1) is 6.42 Å². The van der Waals surface area contributed by atoms with E-state index in [1.165, 1.54) is 83.5 Å². The van der Waals surface area contributed by atoms with E-state index in [1.807, 2.05) is 19.0 Å². The number of esters is 1. The van der Waals surface area contributed by atoms with E-state index in [-0.39, 0.29) is 11.8 Å². The molecule has 0 saturated carbocycles. The Morgan fingerprint density at radius 1 is 0.533 bits per heavy atom. The van der Waals surface area contributed by atoms with Gasteiger partial charge in [-0.15, -0.1) is 0 Å². The predicted molar refractivity (Wildman–Crippen MR) is 197 cm³/mol. The van der Waals surface area contributed by atoms with Crippen LogP contribution in [0.1, 0.15) is 174 Å². The molecule has 0 radical (unpaired) electrons. The number of rotatable bonds is 33. The van der Waals surface area contributed by atoms with E-state index >= 15 is 0 Å². The van der Waals surface area contributed by atoms with E-state index in [2.05, 4.69) is 62.5 Å². The van der Waals surface area contributed by atoms with Gasteiger partial charge in [-0.1, -0.05) is 127 Å². The summed E-state index contributed by atoms with van der Waals surface area (Å²) in [5, 5.41) is 0. The van der Waals surface area contributed by atoms with Crippen LogP contribution in [0.2, 0.25) is 0 Å². The number of Topliss-reactive ketones (excluding diaryl/α,β-unsaturated/α-hetero) is 1. The maximum Gasteiger partial charge on any atom is 0.307 e. The normalized spacial score (nSPS) is 12.9. The first-order chi connectivity index (χ1) is 22.0. The highest BCUT2D eigenvalue weighted by atomic mass is 16.5. The number of hydrogen-bond donors (Lipinski definition) is 0. The van der Waals surface area contributed by atoms with Gasteiger partial charge in [0.15, 0.2) is 11.9 Å². The molecule has 0 aliphatic rings. The summed E-state index contributed by atoms with van der Waals surface area (Å²) in [4.78, 5) is 27.4. The van der Waals surface area contributed by atoms with Crippen LogP contribution in [-0.4, -0.2) is 43.4 Å². The average molecular weight is 628 g/mol. The van der Waals surface area contributed by atoms with Gasteiger partial charge in [0.2, 0.25) is 0 Å². The summed E-state index contributed by atoms with van der Waals surface area (Å²) in [6.45, 7) is 5.14. The Balaban J connectivity index is 4.14. The van der Waals surface area contributed by atoms with E-state index in [9.17, 15) is 9.59 Å². The zero-order valence-electron chi connectivity index (χ0n) is 30.3. The van der Waals surface area contributed by atoms with Crippen LogP contribution in [0.3, 0.4) is 0 Å². The van der Waals surface area contributed by atoms with Crippen molar-refractivity contribution in [3.05, 3.63) is 48.6 Å². The van der Waals surface area contributed by atoms with Gasteiger partial charge in [-0.05, 0) is 97.6 Å². The van der Waals surface area contributed by atoms with E-state index in [0.29, 0.717) is 25.8 Å². The first-order valence-electron chi connectivity index (χ1n) is 19.0. The molecule has 1 atom stereocenters. The van der Waals surface area contributed by atoms with Gasteiger partial charge >= 0.3 is 5.97 Å². The Morgan fingerprint density at radius 3 is 1.42 bits per heavy atom. The summed E-state index contributed by atoms with van der Waals surface area (Å²) in [6.07, 6.45) is 45.1. The summed E-state index contributed by atoms with van der Waals surface area (Å²) in [7, 11) is 3.89. The van der Waals surface area contributed by atoms with Crippen molar-refractivity contribution in [3.8, 4) is 0 Å². The van der Waals surface area contributed by atoms with Crippen molar-refractivity contribution in [1.82, 2.24) is 4.90 Å². The fraction of sp³-hybridized carbons (Fsp3) is 0.756. The molecule has 0 rings (SSSR count). The van der Waals surface area contributed by atoms with Gasteiger partial charge in [-0.2, -0.15) is 0 Å². The smallest absolute Gasteiger partial charge is 0.307 e. The Hall–Kier alpha value is -1.94. The van der Waals surface area contributed by atoms with Gasteiger partial charge in [0.1, 0.15) is 0 Å². The maximum absolute atomic E-state index is 13.0. The van der Waals surface area contributed by atoms with E-state index < -0.39 is 6.10 Å². The Bertz CT molecular complexity index is 780. The quantitative estimate of drug-likeness (QED) is 0.0412. The van der Waals surface area contributed by atoms with Gasteiger partial charge in [-0.25, -0.2) is 0 Å². The Morgan fingerprint density at radius 2 is 0.956 bits per heavy atom. The lowest BCUT2D eigenvalue weighted by Gasteiger charge is -2.18. The first kappa shape index (κ1) is 43.1. The third-order valence-corrected chi connectivity index (χ3v) is 8.19. The summed E-state index contributed by atoms with van der Waals surface area (Å²) in [6, 6.07) is 0. The molecule has 0 spiro atoms. The molecule has 0 saturated heterocycles. The average Bonchev–Trinajstić information content (AvgIpc) is 3.03. The highest BCUT2D eigenvalue weighted by molar-refractivity contribution is 5.85. The van der Waals surface area contributed by atoms with Crippen LogP contribution in [0.4, 0.5) is 0 Å². The number of unbranched alkanes of at least 4 members (excludes halogenated alkanes) is 16. The summed E-state index contributed by atoms with van der Waals surface area (Å²) in [5.74, 6) is -0.131. The lowest BCUT2D eigenvalue weighted by atomic mass is 10.0. The lowest BCUT2D eigenvalue weighted by Crippen LogP contribution is -2.29. The molecule has 45 heavy (non-hydrogen) atoms. The van der Waals surface area contributed by atoms with E-state index in [0.717, 1.165) is 57.8 Å². The molecule has 0 bridgehead atoms. The van der Waals surface area contributed by atoms with Crippen LogP contribution in [0.25, 0.3) is 0 Å². The van der Waals surface area contributed by atoms with Crippen LogP contribution < -0.4 is 0 Å². The monoisotopic (exact) mass is 628 g/mol. The molecule has 0 aromatic rings. The van der Waals surface area contributed by atoms with Gasteiger partial charge in [0.25, 0.3) is 0 Å². The topological polar surface area (TPSA) is 46.6 Å². The molecule has 4 nitrogen and oxygen atoms in total. The van der Waals surface area contributed by atoms with Crippen molar-refractivity contribution < 1.29 is 14.3 Å². The number of nitrogens with zero attached hydrogens (tertiary/aromatic N) is 1. The lowest BCUT2D eigenvalue weighted by molar-refractivity contribution is -0.155. The minimum absolute atomic E-state index is 0.114. The standard InChI is InChI=1S/C41H73NO3/c1-5-7-9-11-13-15-17-19-21-23-25-27-29-31-33-35-39(43)40(45-41(44)37-38-42(3)4)36-34-32-30-28-26-24-22-20-18-16-14-12-10-8-6-2/h13-16,19-22,40H,5-12,17-18,23-38H2,1-4H3. The molecule has 0 heterocycles. The second kappa shape index (κ2) is 34.9. The predicted octanol–water partition coefficient (Wildman–Crippen LogP) is 12.0. The number of carbonyl (C=O) groups is 2. The third kappa shape index (κ3) is 33.2. The van der Waals surface area contributed by atoms with Crippen molar-refractivity contribution in [1.29, 1.82) is 0 Å². The van der Waals surface area contributed by atoms with Crippen molar-refractivity contribution in [3.63, 3.8) is 0 Å². The van der Waals surface area contributed by atoms with Crippen LogP contribution in [0.15, 0.2) is 48.6 Å². The first-order valence-corrected chi connectivity index (χ1v) is 19.0. The van der Waals surface area contributed by atoms with Crippen LogP contribution in [0.5, 0.6) is 0 Å². The molecule has 0 amide bonds. The fourth-order valence-electron chi connectivity index (χ4n) is 5.23. The molecule has 0 fully saturated rings.